The Labute approximate surface area is 96.1 Å². The molecule has 5 nitrogen and oxygen atoms in total. The lowest BCUT2D eigenvalue weighted by molar-refractivity contribution is 0.258. The lowest BCUT2D eigenvalue weighted by Crippen LogP contribution is -2.16. The topological polar surface area (TPSA) is 84.1 Å². The quantitative estimate of drug-likeness (QED) is 0.676. The largest absolute Gasteiger partial charge is 0.396 e. The number of aryl methyl sites for hydroxylation is 1. The highest BCUT2D eigenvalue weighted by atomic mass is 16.3. The van der Waals surface area contributed by atoms with Crippen molar-refractivity contribution >= 4 is 11.8 Å². The highest BCUT2D eigenvalue weighted by Crippen LogP contribution is 2.13. The van der Waals surface area contributed by atoms with Gasteiger partial charge in [-0.15, -0.1) is 0 Å². The summed E-state index contributed by atoms with van der Waals surface area (Å²) in [4.78, 5) is 8.04. The molecular formula is C11H20N4O. The molecule has 0 aliphatic rings. The Morgan fingerprint density at radius 3 is 2.94 bits per heavy atom. The molecule has 0 radical (unpaired) electrons. The Bertz CT molecular complexity index is 330. The van der Waals surface area contributed by atoms with Crippen molar-refractivity contribution in [3.05, 3.63) is 11.8 Å². The van der Waals surface area contributed by atoms with Crippen LogP contribution in [0.5, 0.6) is 0 Å². The molecule has 0 spiro atoms. The predicted octanol–water partition coefficient (Wildman–Crippen LogP) is 1.19. The van der Waals surface area contributed by atoms with Crippen molar-refractivity contribution in [3.8, 4) is 0 Å². The number of aromatic nitrogens is 2. The second-order valence-corrected chi connectivity index (χ2v) is 3.93. The zero-order valence-corrected chi connectivity index (χ0v) is 9.90. The highest BCUT2D eigenvalue weighted by molar-refractivity contribution is 5.44. The normalized spacial score (nSPS) is 12.4. The van der Waals surface area contributed by atoms with E-state index in [9.17, 15) is 0 Å². The van der Waals surface area contributed by atoms with Crippen LogP contribution in [0.1, 0.15) is 25.3 Å². The number of aliphatic hydroxyl groups excluding tert-OH is 1. The minimum absolute atomic E-state index is 0.227. The van der Waals surface area contributed by atoms with Gasteiger partial charge in [0.25, 0.3) is 0 Å². The molecule has 16 heavy (non-hydrogen) atoms. The number of anilines is 2. The van der Waals surface area contributed by atoms with Gasteiger partial charge in [0.2, 0.25) is 5.95 Å². The van der Waals surface area contributed by atoms with Crippen LogP contribution in [0.3, 0.4) is 0 Å². The SMILES string of the molecule is CCC(CCO)CNc1nc(N)ncc1C. The third-order valence-electron chi connectivity index (χ3n) is 2.66. The van der Waals surface area contributed by atoms with Crippen molar-refractivity contribution in [2.45, 2.75) is 26.7 Å². The highest BCUT2D eigenvalue weighted by Gasteiger charge is 2.07. The van der Waals surface area contributed by atoms with Crippen LogP contribution >= 0.6 is 0 Å². The zero-order chi connectivity index (χ0) is 12.0. The lowest BCUT2D eigenvalue weighted by atomic mass is 10.0. The smallest absolute Gasteiger partial charge is 0.221 e. The Kier molecular flexibility index (Phi) is 4.98. The van der Waals surface area contributed by atoms with E-state index in [0.717, 1.165) is 30.8 Å². The maximum Gasteiger partial charge on any atom is 0.221 e. The van der Waals surface area contributed by atoms with Gasteiger partial charge in [-0.3, -0.25) is 0 Å². The molecule has 0 saturated carbocycles. The van der Waals surface area contributed by atoms with Gasteiger partial charge in [-0.1, -0.05) is 13.3 Å². The fourth-order valence-corrected chi connectivity index (χ4v) is 1.51. The third kappa shape index (κ3) is 3.66. The summed E-state index contributed by atoms with van der Waals surface area (Å²) >= 11 is 0. The molecule has 90 valence electrons. The first-order valence-corrected chi connectivity index (χ1v) is 5.61. The van der Waals surface area contributed by atoms with Crippen molar-refractivity contribution in [2.24, 2.45) is 5.92 Å². The molecule has 1 rings (SSSR count). The zero-order valence-electron chi connectivity index (χ0n) is 9.90. The summed E-state index contributed by atoms with van der Waals surface area (Å²) in [7, 11) is 0. The molecule has 1 aromatic heterocycles. The van der Waals surface area contributed by atoms with Crippen LogP contribution in [-0.4, -0.2) is 28.2 Å². The number of nitrogens with zero attached hydrogens (tertiary/aromatic N) is 2. The summed E-state index contributed by atoms with van der Waals surface area (Å²) < 4.78 is 0. The average Bonchev–Trinajstić information content (AvgIpc) is 2.28. The molecule has 1 atom stereocenters. The molecule has 0 aliphatic carbocycles. The van der Waals surface area contributed by atoms with Crippen molar-refractivity contribution in [1.29, 1.82) is 0 Å². The summed E-state index contributed by atoms with van der Waals surface area (Å²) in [5, 5.41) is 12.1. The maximum absolute atomic E-state index is 8.89. The van der Waals surface area contributed by atoms with Crippen molar-refractivity contribution in [1.82, 2.24) is 9.97 Å². The van der Waals surface area contributed by atoms with Crippen molar-refractivity contribution in [2.75, 3.05) is 24.2 Å². The lowest BCUT2D eigenvalue weighted by Gasteiger charge is -2.15. The van der Waals surface area contributed by atoms with E-state index in [-0.39, 0.29) is 12.6 Å². The average molecular weight is 224 g/mol. The van der Waals surface area contributed by atoms with E-state index in [2.05, 4.69) is 22.2 Å². The van der Waals surface area contributed by atoms with Gasteiger partial charge in [-0.25, -0.2) is 4.98 Å². The summed E-state index contributed by atoms with van der Waals surface area (Å²) in [5.74, 6) is 1.52. The van der Waals surface area contributed by atoms with Crippen LogP contribution in [0, 0.1) is 12.8 Å². The molecular weight excluding hydrogens is 204 g/mol. The van der Waals surface area contributed by atoms with Crippen LogP contribution in [0.2, 0.25) is 0 Å². The Morgan fingerprint density at radius 2 is 2.31 bits per heavy atom. The van der Waals surface area contributed by atoms with E-state index in [4.69, 9.17) is 10.8 Å². The monoisotopic (exact) mass is 224 g/mol. The second kappa shape index (κ2) is 6.27. The first kappa shape index (κ1) is 12.7. The fourth-order valence-electron chi connectivity index (χ4n) is 1.51. The van der Waals surface area contributed by atoms with Crippen molar-refractivity contribution < 1.29 is 5.11 Å². The Morgan fingerprint density at radius 1 is 1.56 bits per heavy atom. The van der Waals surface area contributed by atoms with Crippen LogP contribution in [0.25, 0.3) is 0 Å². The number of hydrogen-bond donors (Lipinski definition) is 3. The number of nitrogens with two attached hydrogens (primary N) is 1. The molecule has 1 unspecified atom stereocenters. The summed E-state index contributed by atoms with van der Waals surface area (Å²) in [6.45, 7) is 5.08. The fraction of sp³-hybridized carbons (Fsp3) is 0.636. The first-order chi connectivity index (χ1) is 7.67. The number of aliphatic hydroxyl groups is 1. The Hall–Kier alpha value is -1.36. The van der Waals surface area contributed by atoms with Gasteiger partial charge in [0.1, 0.15) is 5.82 Å². The molecule has 0 amide bonds. The molecule has 5 heteroatoms. The second-order valence-electron chi connectivity index (χ2n) is 3.93. The van der Waals surface area contributed by atoms with Crippen molar-refractivity contribution in [3.63, 3.8) is 0 Å². The summed E-state index contributed by atoms with van der Waals surface area (Å²) in [5.41, 5.74) is 6.50. The molecule has 1 heterocycles. The molecule has 0 bridgehead atoms. The number of hydrogen-bond acceptors (Lipinski definition) is 5. The minimum Gasteiger partial charge on any atom is -0.396 e. The third-order valence-corrected chi connectivity index (χ3v) is 2.66. The summed E-state index contributed by atoms with van der Waals surface area (Å²) in [6.07, 6.45) is 3.55. The van der Waals surface area contributed by atoms with Gasteiger partial charge >= 0.3 is 0 Å². The molecule has 4 N–H and O–H groups in total. The standard InChI is InChI=1S/C11H20N4O/c1-3-9(4-5-16)7-13-10-8(2)6-14-11(12)15-10/h6,9,16H,3-5,7H2,1-2H3,(H3,12,13,14,15). The molecule has 0 aromatic carbocycles. The first-order valence-electron chi connectivity index (χ1n) is 5.61. The van der Waals surface area contributed by atoms with Gasteiger partial charge in [0, 0.05) is 24.9 Å². The van der Waals surface area contributed by atoms with E-state index >= 15 is 0 Å². The van der Waals surface area contributed by atoms with E-state index in [0.29, 0.717) is 5.92 Å². The van der Waals surface area contributed by atoms with Crippen LogP contribution in [-0.2, 0) is 0 Å². The van der Waals surface area contributed by atoms with Crippen LogP contribution in [0.15, 0.2) is 6.20 Å². The number of nitrogens with one attached hydrogen (secondary N) is 1. The molecule has 0 saturated heterocycles. The van der Waals surface area contributed by atoms with Gasteiger partial charge in [-0.05, 0) is 19.3 Å². The van der Waals surface area contributed by atoms with Gasteiger partial charge in [0.05, 0.1) is 0 Å². The molecule has 0 fully saturated rings. The maximum atomic E-state index is 8.89. The van der Waals surface area contributed by atoms with Crippen LogP contribution < -0.4 is 11.1 Å². The molecule has 1 aromatic rings. The van der Waals surface area contributed by atoms with Gasteiger partial charge in [0.15, 0.2) is 0 Å². The van der Waals surface area contributed by atoms with E-state index in [1.165, 1.54) is 0 Å². The van der Waals surface area contributed by atoms with Gasteiger partial charge in [-0.2, -0.15) is 4.98 Å². The molecule has 0 aliphatic heterocycles. The van der Waals surface area contributed by atoms with Gasteiger partial charge < -0.3 is 16.2 Å². The predicted molar refractivity (Wildman–Crippen MR) is 65.2 cm³/mol. The number of nitrogen functional groups attached to an aromatic ring is 1. The Balaban J connectivity index is 2.55. The number of rotatable bonds is 6. The van der Waals surface area contributed by atoms with E-state index in [1.807, 2.05) is 6.92 Å². The van der Waals surface area contributed by atoms with Crippen LogP contribution in [0.4, 0.5) is 11.8 Å². The van der Waals surface area contributed by atoms with E-state index in [1.54, 1.807) is 6.20 Å². The van der Waals surface area contributed by atoms with E-state index < -0.39 is 0 Å². The minimum atomic E-state index is 0.227. The summed E-state index contributed by atoms with van der Waals surface area (Å²) in [6, 6.07) is 0.